The number of aryl methyl sites for hydroxylation is 1. The summed E-state index contributed by atoms with van der Waals surface area (Å²) in [4.78, 5) is 15.3. The largest absolute Gasteiger partial charge is 0.310 e. The van der Waals surface area contributed by atoms with Gasteiger partial charge in [0.1, 0.15) is 0 Å². The predicted octanol–water partition coefficient (Wildman–Crippen LogP) is 19.6. The molecule has 0 saturated heterocycles. The molecule has 2 aromatic heterocycles. The van der Waals surface area contributed by atoms with Crippen molar-refractivity contribution in [1.29, 1.82) is 31.6 Å². The SMILES string of the molecule is [C-]#[N+]c1ccc(-c2ccc3c(c2)c2cc(-c4ccc(C#N)cc4[N+]#[C-])ccc2n3-c2ccc(-c3ccc(C#N)cc3C)cc2-c2c([N+]#[C-])cccc2-n2c3ccc(-c4ccc(C#N)cc4C#N)cc3c3cc(-c4ccc([N+]#[C-])cc4C#N)ccc32)c(C#N)c1. The zero-order valence-electron chi connectivity index (χ0n) is 46.9. The molecule has 13 rings (SSSR count). The third-order valence-electron chi connectivity index (χ3n) is 16.4. The lowest BCUT2D eigenvalue weighted by Gasteiger charge is -2.21. The van der Waals surface area contributed by atoms with Gasteiger partial charge in [-0.05, 0) is 189 Å². The van der Waals surface area contributed by atoms with Crippen LogP contribution in [0.4, 0.5) is 22.7 Å². The second-order valence-electron chi connectivity index (χ2n) is 21.1. The van der Waals surface area contributed by atoms with Gasteiger partial charge in [0.05, 0.1) is 107 Å². The monoisotopic (exact) mass is 1130 g/mol. The first kappa shape index (κ1) is 54.2. The highest BCUT2D eigenvalue weighted by molar-refractivity contribution is 6.15. The third-order valence-corrected chi connectivity index (χ3v) is 16.4. The molecule has 11 aromatic carbocycles. The molecular weight excluding hydrogens is 1090 g/mol. The van der Waals surface area contributed by atoms with Gasteiger partial charge >= 0.3 is 0 Å². The summed E-state index contributed by atoms with van der Waals surface area (Å²) in [5.41, 5.74) is 17.1. The van der Waals surface area contributed by atoms with Crippen LogP contribution in [0.25, 0.3) is 141 Å². The minimum atomic E-state index is 0.312. The van der Waals surface area contributed by atoms with E-state index < -0.39 is 0 Å². The van der Waals surface area contributed by atoms with Crippen LogP contribution >= 0.6 is 0 Å². The molecule has 0 aliphatic carbocycles. The van der Waals surface area contributed by atoms with E-state index in [9.17, 15) is 31.6 Å². The molecule has 89 heavy (non-hydrogen) atoms. The van der Waals surface area contributed by atoms with Crippen LogP contribution in [0.3, 0.4) is 0 Å². The average Bonchev–Trinajstić information content (AvgIpc) is 1.82. The van der Waals surface area contributed by atoms with Crippen molar-refractivity contribution in [2.24, 2.45) is 0 Å². The van der Waals surface area contributed by atoms with Crippen LogP contribution in [0.1, 0.15) is 38.9 Å². The summed E-state index contributed by atoms with van der Waals surface area (Å²) in [5, 5.41) is 64.0. The molecule has 13 aromatic rings. The maximum absolute atomic E-state index is 10.4. The van der Waals surface area contributed by atoms with Crippen LogP contribution in [0.15, 0.2) is 200 Å². The van der Waals surface area contributed by atoms with Crippen molar-refractivity contribution in [2.45, 2.75) is 6.92 Å². The van der Waals surface area contributed by atoms with Gasteiger partial charge in [-0.15, -0.1) is 0 Å². The molecular formula is C77H36N12. The fourth-order valence-electron chi connectivity index (χ4n) is 12.3. The summed E-state index contributed by atoms with van der Waals surface area (Å²) in [6.07, 6.45) is 0. The Morgan fingerprint density at radius 3 is 1.18 bits per heavy atom. The maximum Gasteiger partial charge on any atom is 0.197 e. The van der Waals surface area contributed by atoms with Gasteiger partial charge in [0.15, 0.2) is 22.7 Å². The van der Waals surface area contributed by atoms with Gasteiger partial charge in [-0.25, -0.2) is 19.4 Å². The van der Waals surface area contributed by atoms with Crippen LogP contribution in [0.5, 0.6) is 0 Å². The molecule has 404 valence electrons. The van der Waals surface area contributed by atoms with Gasteiger partial charge in [-0.2, -0.15) is 31.6 Å². The molecule has 0 aliphatic heterocycles. The van der Waals surface area contributed by atoms with Crippen LogP contribution in [-0.4, -0.2) is 9.13 Å². The highest BCUT2D eigenvalue weighted by Gasteiger charge is 2.26. The third kappa shape index (κ3) is 9.02. The smallest absolute Gasteiger partial charge is 0.197 e. The molecule has 0 aliphatic rings. The molecule has 0 fully saturated rings. The Morgan fingerprint density at radius 2 is 0.719 bits per heavy atom. The number of hydrogen-bond donors (Lipinski definition) is 0. The van der Waals surface area contributed by atoms with E-state index in [0.29, 0.717) is 101 Å². The minimum absolute atomic E-state index is 0.312. The zero-order valence-corrected chi connectivity index (χ0v) is 46.9. The molecule has 0 spiro atoms. The summed E-state index contributed by atoms with van der Waals surface area (Å²) in [6.45, 7) is 34.5. The van der Waals surface area contributed by atoms with E-state index in [2.05, 4.69) is 71.0 Å². The van der Waals surface area contributed by atoms with E-state index in [1.807, 2.05) is 116 Å². The van der Waals surface area contributed by atoms with Gasteiger partial charge in [0.2, 0.25) is 0 Å². The fourth-order valence-corrected chi connectivity index (χ4v) is 12.3. The van der Waals surface area contributed by atoms with Crippen molar-refractivity contribution in [2.75, 3.05) is 0 Å². The Hall–Kier alpha value is -14.1. The number of hydrogen-bond acceptors (Lipinski definition) is 6. The van der Waals surface area contributed by atoms with E-state index in [1.165, 1.54) is 0 Å². The molecule has 2 heterocycles. The number of benzene rings is 11. The molecule has 12 heteroatoms. The van der Waals surface area contributed by atoms with E-state index in [4.69, 9.17) is 26.3 Å². The quantitative estimate of drug-likeness (QED) is 0.137. The lowest BCUT2D eigenvalue weighted by atomic mass is 9.92. The highest BCUT2D eigenvalue weighted by Crippen LogP contribution is 2.48. The molecule has 0 unspecified atom stereocenters. The highest BCUT2D eigenvalue weighted by atomic mass is 15.0. The topological polar surface area (TPSA) is 170 Å². The van der Waals surface area contributed by atoms with Crippen molar-refractivity contribution in [3.63, 3.8) is 0 Å². The average molecular weight is 1130 g/mol. The summed E-state index contributed by atoms with van der Waals surface area (Å²) in [5.74, 6) is 0. The summed E-state index contributed by atoms with van der Waals surface area (Å²) >= 11 is 0. The first-order valence-corrected chi connectivity index (χ1v) is 27.6. The van der Waals surface area contributed by atoms with Gasteiger partial charge in [-0.3, -0.25) is 0 Å². The number of nitrogens with zero attached hydrogens (tertiary/aromatic N) is 12. The van der Waals surface area contributed by atoms with Crippen molar-refractivity contribution in [1.82, 2.24) is 9.13 Å². The van der Waals surface area contributed by atoms with Crippen molar-refractivity contribution < 1.29 is 0 Å². The number of aromatic nitrogens is 2. The van der Waals surface area contributed by atoms with Crippen LogP contribution < -0.4 is 0 Å². The molecule has 0 atom stereocenters. The lowest BCUT2D eigenvalue weighted by Crippen LogP contribution is -2.02. The van der Waals surface area contributed by atoms with E-state index in [0.717, 1.165) is 82.6 Å². The Bertz CT molecular complexity index is 5510. The molecule has 0 radical (unpaired) electrons. The fraction of sp³-hybridized carbons (Fsp3) is 0.0130. The summed E-state index contributed by atoms with van der Waals surface area (Å²) in [7, 11) is 0. The Labute approximate surface area is 510 Å². The van der Waals surface area contributed by atoms with Crippen LogP contribution in [0.2, 0.25) is 0 Å². The first-order valence-electron chi connectivity index (χ1n) is 27.6. The molecule has 0 N–H and O–H groups in total. The number of nitriles is 6. The summed E-state index contributed by atoms with van der Waals surface area (Å²) < 4.78 is 4.29. The Kier molecular flexibility index (Phi) is 13.3. The van der Waals surface area contributed by atoms with Gasteiger partial charge in [0, 0.05) is 49.5 Å². The molecule has 0 amide bonds. The van der Waals surface area contributed by atoms with Crippen molar-refractivity contribution >= 4 is 66.4 Å². The maximum atomic E-state index is 10.4. The van der Waals surface area contributed by atoms with E-state index in [1.54, 1.807) is 84.9 Å². The van der Waals surface area contributed by atoms with Gasteiger partial charge in [0.25, 0.3) is 0 Å². The van der Waals surface area contributed by atoms with Crippen molar-refractivity contribution in [3.05, 3.63) is 285 Å². The zero-order chi connectivity index (χ0) is 61.6. The Morgan fingerprint density at radius 1 is 0.315 bits per heavy atom. The van der Waals surface area contributed by atoms with E-state index >= 15 is 0 Å². The first-order chi connectivity index (χ1) is 43.5. The molecule has 12 nitrogen and oxygen atoms in total. The number of rotatable bonds is 8. The second kappa shape index (κ2) is 21.9. The normalized spacial score (nSPS) is 10.6. The standard InChI is InChI=1S/C77H36N12/c1-45-29-46(39-78)9-19-59(45)49-12-28-75(88-71-24-13-51(61-22-17-57(84-2)32-55(61)43-82)35-64(71)67-37-53(16-27-72(67)88)63-21-11-48(41-80)31-70(63)87-5)68(38-49)77-69(86-4)7-6-8-76(77)89-73-25-14-50(60-20-10-47(40-79)30-54(60)42-81)34-65(73)66-36-52(15-26-74(66)89)62-23-18-58(85-3)33-56(62)44-83/h6-38H,1H3. The molecule has 0 bridgehead atoms. The second-order valence-corrected chi connectivity index (χ2v) is 21.1. The number of fused-ring (bicyclic) bond motifs is 6. The van der Waals surface area contributed by atoms with Crippen molar-refractivity contribution in [3.8, 4) is 115 Å². The van der Waals surface area contributed by atoms with E-state index in [-0.39, 0.29) is 0 Å². The Balaban J connectivity index is 1.13. The molecule has 0 saturated carbocycles. The minimum Gasteiger partial charge on any atom is -0.310 e. The predicted molar refractivity (Wildman–Crippen MR) is 346 cm³/mol. The van der Waals surface area contributed by atoms with Gasteiger partial charge in [-0.1, -0.05) is 84.9 Å². The summed E-state index contributed by atoms with van der Waals surface area (Å²) in [6, 6.07) is 74.9. The van der Waals surface area contributed by atoms with Gasteiger partial charge < -0.3 is 9.13 Å². The van der Waals surface area contributed by atoms with Crippen LogP contribution in [-0.2, 0) is 0 Å². The van der Waals surface area contributed by atoms with Crippen LogP contribution in [0, 0.1) is 101 Å². The lowest BCUT2D eigenvalue weighted by molar-refractivity contribution is 1.16.